The maximum atomic E-state index is 12.1. The van der Waals surface area contributed by atoms with Gasteiger partial charge in [-0.3, -0.25) is 0 Å². The standard InChI is InChI=1S/C17H17Cl2N5O3/c1-10(27-13-4-3-11(18)7-12(13)19)17(25)26-6-2-5-24-9-23-14-15(20)21-8-22-16(14)24/h3-4,7-10H,2,5-6H2,1H3,(H2,20,21,22). The summed E-state index contributed by atoms with van der Waals surface area (Å²) in [5.41, 5.74) is 6.95. The molecule has 27 heavy (non-hydrogen) atoms. The molecule has 2 aromatic heterocycles. The van der Waals surface area contributed by atoms with Crippen LogP contribution in [0.25, 0.3) is 11.2 Å². The molecule has 0 aliphatic rings. The molecule has 0 fully saturated rings. The Balaban J connectivity index is 1.48. The van der Waals surface area contributed by atoms with E-state index < -0.39 is 12.1 Å². The third kappa shape index (κ3) is 4.58. The van der Waals surface area contributed by atoms with Crippen molar-refractivity contribution in [1.29, 1.82) is 0 Å². The van der Waals surface area contributed by atoms with Gasteiger partial charge in [0, 0.05) is 11.6 Å². The van der Waals surface area contributed by atoms with Crippen LogP contribution in [0.4, 0.5) is 5.82 Å². The molecule has 142 valence electrons. The van der Waals surface area contributed by atoms with Gasteiger partial charge in [-0.05, 0) is 31.5 Å². The van der Waals surface area contributed by atoms with Crippen LogP contribution in [-0.2, 0) is 16.1 Å². The van der Waals surface area contributed by atoms with Gasteiger partial charge in [0.1, 0.15) is 17.6 Å². The van der Waals surface area contributed by atoms with Crippen molar-refractivity contribution in [3.05, 3.63) is 40.9 Å². The molecule has 2 N–H and O–H groups in total. The molecule has 1 atom stereocenters. The van der Waals surface area contributed by atoms with Gasteiger partial charge in [-0.2, -0.15) is 0 Å². The van der Waals surface area contributed by atoms with E-state index in [0.29, 0.717) is 45.7 Å². The van der Waals surface area contributed by atoms with E-state index >= 15 is 0 Å². The lowest BCUT2D eigenvalue weighted by Crippen LogP contribution is -2.26. The molecule has 1 aromatic carbocycles. The van der Waals surface area contributed by atoms with Gasteiger partial charge in [-0.25, -0.2) is 19.7 Å². The Kier molecular flexibility index (Phi) is 5.98. The summed E-state index contributed by atoms with van der Waals surface area (Å²) in [6.07, 6.45) is 2.79. The molecule has 3 rings (SSSR count). The Morgan fingerprint density at radius 3 is 2.89 bits per heavy atom. The predicted molar refractivity (Wildman–Crippen MR) is 102 cm³/mol. The Morgan fingerprint density at radius 2 is 2.11 bits per heavy atom. The number of hydrogen-bond donors (Lipinski definition) is 1. The molecule has 3 aromatic rings. The molecule has 2 heterocycles. The number of nitrogens with zero attached hydrogens (tertiary/aromatic N) is 4. The number of hydrogen-bond acceptors (Lipinski definition) is 7. The molecule has 10 heteroatoms. The highest BCUT2D eigenvalue weighted by atomic mass is 35.5. The molecule has 8 nitrogen and oxygen atoms in total. The molecule has 0 amide bonds. The van der Waals surface area contributed by atoms with Crippen LogP contribution >= 0.6 is 23.2 Å². The van der Waals surface area contributed by atoms with Crippen LogP contribution in [0.1, 0.15) is 13.3 Å². The van der Waals surface area contributed by atoms with Gasteiger partial charge < -0.3 is 19.8 Å². The first-order valence-electron chi connectivity index (χ1n) is 8.15. The SMILES string of the molecule is CC(Oc1ccc(Cl)cc1Cl)C(=O)OCCCn1cnc2c(N)ncnc21. The molecule has 0 radical (unpaired) electrons. The molecular weight excluding hydrogens is 393 g/mol. The summed E-state index contributed by atoms with van der Waals surface area (Å²) in [6, 6.07) is 4.78. The maximum absolute atomic E-state index is 12.1. The van der Waals surface area contributed by atoms with E-state index in [0.717, 1.165) is 0 Å². The summed E-state index contributed by atoms with van der Waals surface area (Å²) in [5.74, 6) is 0.216. The number of esters is 1. The van der Waals surface area contributed by atoms with Crippen LogP contribution in [0.5, 0.6) is 5.75 Å². The first-order valence-corrected chi connectivity index (χ1v) is 8.91. The smallest absolute Gasteiger partial charge is 0.347 e. The van der Waals surface area contributed by atoms with Crippen molar-refractivity contribution in [2.24, 2.45) is 0 Å². The monoisotopic (exact) mass is 409 g/mol. The van der Waals surface area contributed by atoms with Crippen LogP contribution in [0.2, 0.25) is 10.0 Å². The lowest BCUT2D eigenvalue weighted by atomic mass is 10.3. The van der Waals surface area contributed by atoms with E-state index in [-0.39, 0.29) is 6.61 Å². The number of aromatic nitrogens is 4. The fourth-order valence-electron chi connectivity index (χ4n) is 2.40. The third-order valence-electron chi connectivity index (χ3n) is 3.75. The molecule has 0 saturated heterocycles. The van der Waals surface area contributed by atoms with E-state index in [1.165, 1.54) is 6.33 Å². The number of halogens is 2. The largest absolute Gasteiger partial charge is 0.477 e. The number of carbonyl (C=O) groups excluding carboxylic acids is 1. The summed E-state index contributed by atoms with van der Waals surface area (Å²) in [6.45, 7) is 2.38. The van der Waals surface area contributed by atoms with Crippen LogP contribution < -0.4 is 10.5 Å². The van der Waals surface area contributed by atoms with E-state index in [1.54, 1.807) is 31.5 Å². The fraction of sp³-hybridized carbons (Fsp3) is 0.294. The Labute approximate surface area is 165 Å². The number of imidazole rings is 1. The lowest BCUT2D eigenvalue weighted by Gasteiger charge is -2.15. The number of fused-ring (bicyclic) bond motifs is 1. The Hall–Kier alpha value is -2.58. The topological polar surface area (TPSA) is 105 Å². The zero-order chi connectivity index (χ0) is 19.4. The number of nitrogens with two attached hydrogens (primary N) is 1. The summed E-state index contributed by atoms with van der Waals surface area (Å²) >= 11 is 11.9. The average molecular weight is 410 g/mol. The van der Waals surface area contributed by atoms with E-state index in [1.807, 2.05) is 4.57 Å². The minimum absolute atomic E-state index is 0.223. The Morgan fingerprint density at radius 1 is 1.30 bits per heavy atom. The summed E-state index contributed by atoms with van der Waals surface area (Å²) < 4.78 is 12.6. The number of benzene rings is 1. The van der Waals surface area contributed by atoms with Crippen molar-refractivity contribution in [2.75, 3.05) is 12.3 Å². The van der Waals surface area contributed by atoms with E-state index in [2.05, 4.69) is 15.0 Å². The zero-order valence-electron chi connectivity index (χ0n) is 14.4. The van der Waals surface area contributed by atoms with Gasteiger partial charge in [0.15, 0.2) is 17.6 Å². The second kappa shape index (κ2) is 8.41. The van der Waals surface area contributed by atoms with Gasteiger partial charge in [0.05, 0.1) is 18.0 Å². The van der Waals surface area contributed by atoms with Crippen LogP contribution in [-0.4, -0.2) is 38.2 Å². The number of anilines is 1. The van der Waals surface area contributed by atoms with Gasteiger partial charge in [-0.15, -0.1) is 0 Å². The quantitative estimate of drug-likeness (QED) is 0.471. The highest BCUT2D eigenvalue weighted by Crippen LogP contribution is 2.28. The molecule has 1 unspecified atom stereocenters. The van der Waals surface area contributed by atoms with Crippen molar-refractivity contribution in [3.63, 3.8) is 0 Å². The second-order valence-electron chi connectivity index (χ2n) is 5.72. The summed E-state index contributed by atoms with van der Waals surface area (Å²) in [5, 5.41) is 0.817. The van der Waals surface area contributed by atoms with Crippen molar-refractivity contribution in [3.8, 4) is 5.75 Å². The molecule has 0 bridgehead atoms. The molecular formula is C17H17Cl2N5O3. The number of nitrogen functional groups attached to an aromatic ring is 1. The Bertz CT molecular complexity index is 963. The summed E-state index contributed by atoms with van der Waals surface area (Å²) in [7, 11) is 0. The normalized spacial score (nSPS) is 12.1. The highest BCUT2D eigenvalue weighted by Gasteiger charge is 2.18. The highest BCUT2D eigenvalue weighted by molar-refractivity contribution is 6.35. The van der Waals surface area contributed by atoms with Crippen molar-refractivity contribution < 1.29 is 14.3 Å². The second-order valence-corrected chi connectivity index (χ2v) is 6.57. The van der Waals surface area contributed by atoms with Gasteiger partial charge in [-0.1, -0.05) is 23.2 Å². The van der Waals surface area contributed by atoms with Gasteiger partial charge >= 0.3 is 5.97 Å². The van der Waals surface area contributed by atoms with Gasteiger partial charge in [0.2, 0.25) is 0 Å². The van der Waals surface area contributed by atoms with Crippen LogP contribution in [0, 0.1) is 0 Å². The maximum Gasteiger partial charge on any atom is 0.347 e. The zero-order valence-corrected chi connectivity index (χ0v) is 15.9. The molecule has 0 aliphatic carbocycles. The minimum Gasteiger partial charge on any atom is -0.477 e. The van der Waals surface area contributed by atoms with Crippen molar-refractivity contribution in [2.45, 2.75) is 26.0 Å². The number of carbonyl (C=O) groups is 1. The van der Waals surface area contributed by atoms with E-state index in [4.69, 9.17) is 38.4 Å². The first kappa shape index (κ1) is 19.2. The third-order valence-corrected chi connectivity index (χ3v) is 4.28. The molecule has 0 aliphatic heterocycles. The van der Waals surface area contributed by atoms with Crippen LogP contribution in [0.3, 0.4) is 0 Å². The lowest BCUT2D eigenvalue weighted by molar-refractivity contribution is -0.151. The minimum atomic E-state index is -0.801. The predicted octanol–water partition coefficient (Wildman–Crippen LogP) is 3.12. The summed E-state index contributed by atoms with van der Waals surface area (Å²) in [4.78, 5) is 24.3. The number of ether oxygens (including phenoxy) is 2. The number of rotatable bonds is 7. The molecule has 0 spiro atoms. The molecule has 0 saturated carbocycles. The van der Waals surface area contributed by atoms with Crippen molar-refractivity contribution >= 4 is 46.2 Å². The van der Waals surface area contributed by atoms with E-state index in [9.17, 15) is 4.79 Å². The van der Waals surface area contributed by atoms with Gasteiger partial charge in [0.25, 0.3) is 0 Å². The first-order chi connectivity index (χ1) is 13.0. The number of aryl methyl sites for hydroxylation is 1. The fourth-order valence-corrected chi connectivity index (χ4v) is 2.85. The van der Waals surface area contributed by atoms with Crippen molar-refractivity contribution in [1.82, 2.24) is 19.5 Å². The van der Waals surface area contributed by atoms with Crippen LogP contribution in [0.15, 0.2) is 30.9 Å². The average Bonchev–Trinajstić information content (AvgIpc) is 3.05.